The molecule has 250 valence electrons. The number of amides is 3. The maximum absolute atomic E-state index is 14.6. The van der Waals surface area contributed by atoms with Crippen molar-refractivity contribution < 1.29 is 18.7 Å². The molecule has 1 aromatic heterocycles. The molecule has 0 aliphatic heterocycles. The van der Waals surface area contributed by atoms with Crippen molar-refractivity contribution >= 4 is 29.1 Å². The number of aryl methyl sites for hydroxylation is 2. The van der Waals surface area contributed by atoms with Crippen molar-refractivity contribution in [1.29, 1.82) is 0 Å². The van der Waals surface area contributed by atoms with Gasteiger partial charge in [0.1, 0.15) is 0 Å². The highest BCUT2D eigenvalue weighted by molar-refractivity contribution is 6.33. The topological polar surface area (TPSA) is 138 Å². The van der Waals surface area contributed by atoms with Gasteiger partial charge in [0.25, 0.3) is 5.91 Å². The van der Waals surface area contributed by atoms with Gasteiger partial charge in [-0.2, -0.15) is 0 Å². The van der Waals surface area contributed by atoms with Crippen LogP contribution in [0.5, 0.6) is 5.75 Å². The molecule has 3 amide bonds. The van der Waals surface area contributed by atoms with Crippen LogP contribution in [0.1, 0.15) is 59.6 Å². The molecule has 0 saturated carbocycles. The first-order chi connectivity index (χ1) is 22.6. The third kappa shape index (κ3) is 9.08. The van der Waals surface area contributed by atoms with E-state index < -0.39 is 5.82 Å². The predicted octanol–water partition coefficient (Wildman–Crippen LogP) is 5.91. The van der Waals surface area contributed by atoms with Gasteiger partial charge in [-0.25, -0.2) is 9.18 Å². The maximum Gasteiger partial charge on any atom is 0.315 e. The van der Waals surface area contributed by atoms with Crippen LogP contribution in [-0.2, 0) is 6.42 Å². The summed E-state index contributed by atoms with van der Waals surface area (Å²) < 4.78 is 19.6. The van der Waals surface area contributed by atoms with Crippen LogP contribution in [0.3, 0.4) is 0 Å². The molecule has 0 radical (unpaired) electrons. The predicted molar refractivity (Wildman–Crippen MR) is 183 cm³/mol. The zero-order valence-corrected chi connectivity index (χ0v) is 28.3. The number of H-pyrrole nitrogens is 1. The van der Waals surface area contributed by atoms with Gasteiger partial charge >= 0.3 is 6.03 Å². The number of urea groups is 1. The molecule has 2 aromatic carbocycles. The maximum atomic E-state index is 14.6. The molecule has 10 nitrogen and oxygen atoms in total. The number of allylic oxidation sites excluding steroid dienone is 2. The Labute approximate surface area is 280 Å². The summed E-state index contributed by atoms with van der Waals surface area (Å²) in [4.78, 5) is 39.6. The van der Waals surface area contributed by atoms with Crippen molar-refractivity contribution in [2.75, 3.05) is 33.3 Å². The molecule has 0 fully saturated rings. The van der Waals surface area contributed by atoms with Crippen molar-refractivity contribution in [2.45, 2.75) is 53.0 Å². The van der Waals surface area contributed by atoms with Gasteiger partial charge in [0.05, 0.1) is 23.5 Å². The van der Waals surface area contributed by atoms with Crippen molar-refractivity contribution in [3.63, 3.8) is 0 Å². The van der Waals surface area contributed by atoms with Gasteiger partial charge in [-0.05, 0) is 68.5 Å². The third-order valence-electron chi connectivity index (χ3n) is 7.97. The number of aromatic amines is 1. The molecule has 1 aliphatic carbocycles. The second-order valence-corrected chi connectivity index (χ2v) is 11.9. The number of ether oxygens (including phenoxy) is 1. The second-order valence-electron chi connectivity index (χ2n) is 11.5. The third-order valence-corrected chi connectivity index (χ3v) is 8.34. The van der Waals surface area contributed by atoms with Crippen LogP contribution in [0, 0.1) is 19.7 Å². The fourth-order valence-electron chi connectivity index (χ4n) is 5.18. The average Bonchev–Trinajstić information content (AvgIpc) is 3.82. The van der Waals surface area contributed by atoms with Gasteiger partial charge in [0.15, 0.2) is 11.6 Å². The Balaban J connectivity index is 1.47. The molecule has 1 atom stereocenters. The molecular weight excluding hydrogens is 621 g/mol. The van der Waals surface area contributed by atoms with Crippen LogP contribution in [0.25, 0.3) is 16.8 Å². The molecule has 1 heterocycles. The van der Waals surface area contributed by atoms with E-state index in [4.69, 9.17) is 22.1 Å². The van der Waals surface area contributed by atoms with E-state index in [1.54, 1.807) is 29.6 Å². The Morgan fingerprint density at radius 2 is 1.94 bits per heavy atom. The zero-order valence-electron chi connectivity index (χ0n) is 27.5. The number of nitrogens with zero attached hydrogens (tertiary/aromatic N) is 3. The summed E-state index contributed by atoms with van der Waals surface area (Å²) in [5.41, 5.74) is 13.3. The number of halogens is 2. The number of nitrogens with two attached hydrogens (primary N) is 1. The van der Waals surface area contributed by atoms with Crippen LogP contribution in [-0.4, -0.2) is 71.1 Å². The van der Waals surface area contributed by atoms with Gasteiger partial charge in [-0.3, -0.25) is 14.8 Å². The Morgan fingerprint density at radius 1 is 1.17 bits per heavy atom. The lowest BCUT2D eigenvalue weighted by molar-refractivity contribution is 0.0756. The Hall–Kier alpha value is -4.48. The number of carbonyl (C=O) groups is 2. The number of methoxy groups -OCH3 is 1. The lowest BCUT2D eigenvalue weighted by Gasteiger charge is -2.23. The highest BCUT2D eigenvalue weighted by Crippen LogP contribution is 2.42. The van der Waals surface area contributed by atoms with Gasteiger partial charge in [0, 0.05) is 74.1 Å². The van der Waals surface area contributed by atoms with Crippen molar-refractivity contribution in [1.82, 2.24) is 30.5 Å². The van der Waals surface area contributed by atoms with Gasteiger partial charge < -0.3 is 31.0 Å². The standard InChI is InChI=1S/C35H43ClFN7O3/c1-6-14-44(15-13-41-35(46)43-22(3)19-38)34(45)26-8-7-24(16-21(26)2)28-17-25(28)18-29-23(4)42-20-30(40-12-11-39-29)27-9-10-31(47-5)33(37)32(27)36/h7-12,16,20,22,42H,6,13-15,17-19,38H2,1-5H3,(H2,41,43,46)/t22-/m0/s1. The minimum absolute atomic E-state index is 0.0574. The summed E-state index contributed by atoms with van der Waals surface area (Å²) in [6, 6.07) is 8.70. The largest absolute Gasteiger partial charge is 0.494 e. The number of benzene rings is 2. The lowest BCUT2D eigenvalue weighted by atomic mass is 10.0. The SMILES string of the molecule is CCCN(CCNC(=O)N[C@@H](C)CN)C(=O)c1ccc(C2=C(Cc3nccnc(-c4ccc(OC)c(F)c4Cl)c[nH]c3C)C2)cc1C. The van der Waals surface area contributed by atoms with Crippen molar-refractivity contribution in [3.8, 4) is 17.0 Å². The van der Waals surface area contributed by atoms with Crippen LogP contribution < -0.4 is 21.1 Å². The van der Waals surface area contributed by atoms with E-state index >= 15 is 0 Å². The lowest BCUT2D eigenvalue weighted by Crippen LogP contribution is -2.46. The molecule has 0 spiro atoms. The number of rotatable bonds is 13. The van der Waals surface area contributed by atoms with E-state index in [-0.39, 0.29) is 28.8 Å². The fraction of sp³-hybridized carbons (Fsp3) is 0.371. The van der Waals surface area contributed by atoms with Gasteiger partial charge in [-0.15, -0.1) is 0 Å². The first kappa shape index (κ1) is 35.4. The first-order valence-corrected chi connectivity index (χ1v) is 16.1. The molecular formula is C35H43ClFN7O3. The Morgan fingerprint density at radius 3 is 2.64 bits per heavy atom. The first-order valence-electron chi connectivity index (χ1n) is 15.7. The van der Waals surface area contributed by atoms with Crippen LogP contribution in [0.15, 0.2) is 54.5 Å². The van der Waals surface area contributed by atoms with Crippen LogP contribution >= 0.6 is 11.6 Å². The number of carbonyl (C=O) groups excluding carboxylic acids is 2. The Kier molecular flexibility index (Phi) is 12.3. The van der Waals surface area contributed by atoms with Crippen molar-refractivity contribution in [2.24, 2.45) is 5.73 Å². The van der Waals surface area contributed by atoms with E-state index in [0.717, 1.165) is 35.4 Å². The van der Waals surface area contributed by atoms with E-state index in [0.29, 0.717) is 49.4 Å². The highest BCUT2D eigenvalue weighted by atomic mass is 35.5. The molecule has 1 aliphatic rings. The monoisotopic (exact) mass is 663 g/mol. The van der Waals surface area contributed by atoms with E-state index in [1.807, 2.05) is 39.8 Å². The molecule has 47 heavy (non-hydrogen) atoms. The van der Waals surface area contributed by atoms with Gasteiger partial charge in [0.2, 0.25) is 0 Å². The summed E-state index contributed by atoms with van der Waals surface area (Å²) in [5, 5.41) is 5.49. The van der Waals surface area contributed by atoms with E-state index in [9.17, 15) is 14.0 Å². The molecule has 3 aromatic rings. The number of nitrogens with one attached hydrogen (secondary N) is 3. The highest BCUT2D eigenvalue weighted by Gasteiger charge is 2.25. The zero-order chi connectivity index (χ0) is 34.1. The smallest absolute Gasteiger partial charge is 0.315 e. The minimum Gasteiger partial charge on any atom is -0.494 e. The van der Waals surface area contributed by atoms with Crippen molar-refractivity contribution in [3.05, 3.63) is 93.4 Å². The summed E-state index contributed by atoms with van der Waals surface area (Å²) in [5.74, 6) is -0.638. The number of hydrogen-bond donors (Lipinski definition) is 4. The average molecular weight is 664 g/mol. The van der Waals surface area contributed by atoms with Crippen LogP contribution in [0.2, 0.25) is 5.02 Å². The summed E-state index contributed by atoms with van der Waals surface area (Å²) in [6.07, 6.45) is 7.16. The normalized spacial score (nSPS) is 12.7. The van der Waals surface area contributed by atoms with E-state index in [2.05, 4.69) is 31.7 Å². The molecule has 0 saturated heterocycles. The quantitative estimate of drug-likeness (QED) is 0.179. The minimum atomic E-state index is -0.643. The Bertz CT molecular complexity index is 1710. The summed E-state index contributed by atoms with van der Waals surface area (Å²) >= 11 is 6.29. The summed E-state index contributed by atoms with van der Waals surface area (Å²) in [6.45, 7) is 9.42. The number of aromatic nitrogens is 3. The molecule has 5 N–H and O–H groups in total. The fourth-order valence-corrected chi connectivity index (χ4v) is 5.43. The van der Waals surface area contributed by atoms with Gasteiger partial charge in [-0.1, -0.05) is 36.2 Å². The van der Waals surface area contributed by atoms with E-state index in [1.165, 1.54) is 24.3 Å². The number of hydrogen-bond acceptors (Lipinski definition) is 6. The summed E-state index contributed by atoms with van der Waals surface area (Å²) in [7, 11) is 1.39. The molecule has 12 heteroatoms. The molecule has 4 rings (SSSR count). The second kappa shape index (κ2) is 16.4. The molecule has 0 bridgehead atoms. The van der Waals surface area contributed by atoms with Crippen LogP contribution in [0.4, 0.5) is 9.18 Å². The molecule has 0 unspecified atom stereocenters.